The van der Waals surface area contributed by atoms with Crippen LogP contribution in [0.1, 0.15) is 44.1 Å². The van der Waals surface area contributed by atoms with Gasteiger partial charge in [-0.3, -0.25) is 4.90 Å². The van der Waals surface area contributed by atoms with E-state index in [1.807, 2.05) is 12.1 Å². The van der Waals surface area contributed by atoms with Crippen molar-refractivity contribution < 1.29 is 4.39 Å². The monoisotopic (exact) mass is 290 g/mol. The Bertz CT molecular complexity index is 464. The van der Waals surface area contributed by atoms with Gasteiger partial charge in [-0.25, -0.2) is 4.39 Å². The van der Waals surface area contributed by atoms with E-state index in [2.05, 4.69) is 24.3 Å². The molecule has 3 heteroatoms. The first-order chi connectivity index (χ1) is 10.1. The van der Waals surface area contributed by atoms with E-state index in [1.54, 1.807) is 12.1 Å². The molecule has 21 heavy (non-hydrogen) atoms. The molecule has 2 nitrogen and oxygen atoms in total. The van der Waals surface area contributed by atoms with E-state index in [1.165, 1.54) is 57.2 Å². The summed E-state index contributed by atoms with van der Waals surface area (Å²) in [6.07, 6.45) is 7.60. The van der Waals surface area contributed by atoms with Crippen LogP contribution in [-0.4, -0.2) is 32.1 Å². The van der Waals surface area contributed by atoms with Gasteiger partial charge in [0.05, 0.1) is 0 Å². The Labute approximate surface area is 127 Å². The molecule has 0 amide bonds. The van der Waals surface area contributed by atoms with Crippen molar-refractivity contribution in [3.8, 4) is 0 Å². The van der Waals surface area contributed by atoms with Crippen LogP contribution in [0.25, 0.3) is 0 Å². The number of nitrogens with zero attached hydrogens (tertiary/aromatic N) is 1. The molecule has 1 spiro atoms. The minimum absolute atomic E-state index is 0.0871. The SMILES string of the molecule is CN(C)C1(c2ccc(F)cc2)CCC2(CCNCC2)CC1. The summed E-state index contributed by atoms with van der Waals surface area (Å²) in [6.45, 7) is 2.34. The first-order valence-corrected chi connectivity index (χ1v) is 8.21. The molecule has 0 radical (unpaired) electrons. The first kappa shape index (κ1) is 15.0. The molecule has 1 aromatic rings. The quantitative estimate of drug-likeness (QED) is 0.896. The predicted octanol–water partition coefficient (Wildman–Crippen LogP) is 3.53. The maximum atomic E-state index is 13.2. The van der Waals surface area contributed by atoms with Gasteiger partial charge in [-0.1, -0.05) is 12.1 Å². The summed E-state index contributed by atoms with van der Waals surface area (Å²) in [6, 6.07) is 7.18. The molecule has 1 saturated heterocycles. The molecule has 1 aromatic carbocycles. The Hall–Kier alpha value is -0.930. The van der Waals surface area contributed by atoms with E-state index in [0.29, 0.717) is 5.41 Å². The van der Waals surface area contributed by atoms with Crippen LogP contribution in [-0.2, 0) is 5.54 Å². The highest BCUT2D eigenvalue weighted by atomic mass is 19.1. The number of piperidine rings is 1. The molecule has 1 saturated carbocycles. The van der Waals surface area contributed by atoms with E-state index in [0.717, 1.165) is 0 Å². The maximum Gasteiger partial charge on any atom is 0.123 e. The lowest BCUT2D eigenvalue weighted by atomic mass is 9.61. The van der Waals surface area contributed by atoms with E-state index < -0.39 is 0 Å². The van der Waals surface area contributed by atoms with Crippen molar-refractivity contribution >= 4 is 0 Å². The summed E-state index contributed by atoms with van der Waals surface area (Å²) >= 11 is 0. The summed E-state index contributed by atoms with van der Waals surface area (Å²) in [5.41, 5.74) is 1.92. The van der Waals surface area contributed by atoms with Crippen LogP contribution in [0.15, 0.2) is 24.3 Å². The van der Waals surface area contributed by atoms with Crippen molar-refractivity contribution in [1.29, 1.82) is 0 Å². The lowest BCUT2D eigenvalue weighted by molar-refractivity contribution is 0.0189. The molecule has 0 bridgehead atoms. The van der Waals surface area contributed by atoms with Gasteiger partial charge in [-0.2, -0.15) is 0 Å². The van der Waals surface area contributed by atoms with E-state index in [4.69, 9.17) is 0 Å². The van der Waals surface area contributed by atoms with Crippen LogP contribution in [0.5, 0.6) is 0 Å². The van der Waals surface area contributed by atoms with Gasteiger partial charge >= 0.3 is 0 Å². The second kappa shape index (κ2) is 5.69. The zero-order valence-corrected chi connectivity index (χ0v) is 13.3. The largest absolute Gasteiger partial charge is 0.317 e. The van der Waals surface area contributed by atoms with Crippen molar-refractivity contribution in [2.75, 3.05) is 27.2 Å². The third-order valence-electron chi connectivity index (χ3n) is 6.04. The molecule has 1 heterocycles. The van der Waals surface area contributed by atoms with E-state index in [9.17, 15) is 4.39 Å². The second-order valence-corrected chi connectivity index (χ2v) is 7.18. The molecule has 1 N–H and O–H groups in total. The molecular weight excluding hydrogens is 263 g/mol. The van der Waals surface area contributed by atoms with Crippen molar-refractivity contribution in [3.63, 3.8) is 0 Å². The average molecular weight is 290 g/mol. The summed E-state index contributed by atoms with van der Waals surface area (Å²) in [5.74, 6) is -0.140. The summed E-state index contributed by atoms with van der Waals surface area (Å²) in [4.78, 5) is 2.36. The van der Waals surface area contributed by atoms with Crippen molar-refractivity contribution in [2.45, 2.75) is 44.1 Å². The number of hydrogen-bond donors (Lipinski definition) is 1. The lowest BCUT2D eigenvalue weighted by Gasteiger charge is -2.51. The maximum absolute atomic E-state index is 13.2. The van der Waals surface area contributed by atoms with Crippen LogP contribution < -0.4 is 5.32 Å². The Balaban J connectivity index is 1.82. The minimum atomic E-state index is -0.140. The molecule has 2 aliphatic rings. The molecule has 116 valence electrons. The number of rotatable bonds is 2. The molecule has 3 rings (SSSR count). The van der Waals surface area contributed by atoms with Crippen LogP contribution in [0.4, 0.5) is 4.39 Å². The average Bonchev–Trinajstić information content (AvgIpc) is 2.50. The van der Waals surface area contributed by atoms with Crippen molar-refractivity contribution in [2.24, 2.45) is 5.41 Å². The lowest BCUT2D eigenvalue weighted by Crippen LogP contribution is -2.49. The van der Waals surface area contributed by atoms with Crippen LogP contribution in [0, 0.1) is 11.2 Å². The highest BCUT2D eigenvalue weighted by Crippen LogP contribution is 2.51. The Kier molecular flexibility index (Phi) is 4.06. The third kappa shape index (κ3) is 2.74. The van der Waals surface area contributed by atoms with E-state index in [-0.39, 0.29) is 11.4 Å². The van der Waals surface area contributed by atoms with Gasteiger partial charge in [0.1, 0.15) is 5.82 Å². The van der Waals surface area contributed by atoms with Crippen LogP contribution >= 0.6 is 0 Å². The molecule has 2 fully saturated rings. The van der Waals surface area contributed by atoms with Gasteiger partial charge in [0, 0.05) is 5.54 Å². The summed E-state index contributed by atoms with van der Waals surface area (Å²) < 4.78 is 13.2. The van der Waals surface area contributed by atoms with Crippen LogP contribution in [0.2, 0.25) is 0 Å². The molecule has 1 aliphatic heterocycles. The molecule has 0 atom stereocenters. The predicted molar refractivity (Wildman–Crippen MR) is 84.8 cm³/mol. The summed E-state index contributed by atoms with van der Waals surface area (Å²) in [7, 11) is 4.34. The fourth-order valence-corrected chi connectivity index (χ4v) is 4.41. The molecule has 1 aliphatic carbocycles. The number of benzene rings is 1. The molecular formula is C18H27FN2. The Morgan fingerprint density at radius 1 is 0.905 bits per heavy atom. The smallest absolute Gasteiger partial charge is 0.123 e. The minimum Gasteiger partial charge on any atom is -0.317 e. The number of nitrogens with one attached hydrogen (secondary N) is 1. The van der Waals surface area contributed by atoms with Gasteiger partial charge in [-0.15, -0.1) is 0 Å². The van der Waals surface area contributed by atoms with Crippen LogP contribution in [0.3, 0.4) is 0 Å². The van der Waals surface area contributed by atoms with Gasteiger partial charge in [0.2, 0.25) is 0 Å². The van der Waals surface area contributed by atoms with Crippen molar-refractivity contribution in [3.05, 3.63) is 35.6 Å². The third-order valence-corrected chi connectivity index (χ3v) is 6.04. The van der Waals surface area contributed by atoms with Gasteiger partial charge < -0.3 is 5.32 Å². The zero-order valence-electron chi connectivity index (χ0n) is 13.3. The number of hydrogen-bond acceptors (Lipinski definition) is 2. The van der Waals surface area contributed by atoms with E-state index >= 15 is 0 Å². The van der Waals surface area contributed by atoms with Gasteiger partial charge in [-0.05, 0) is 88.8 Å². The van der Waals surface area contributed by atoms with Crippen molar-refractivity contribution in [1.82, 2.24) is 10.2 Å². The standard InChI is InChI=1S/C18H27FN2/c1-21(2)18(15-3-5-16(19)6-4-15)9-7-17(8-10-18)11-13-20-14-12-17/h3-6,20H,7-14H2,1-2H3. The molecule has 0 unspecified atom stereocenters. The Morgan fingerprint density at radius 2 is 1.48 bits per heavy atom. The highest BCUT2D eigenvalue weighted by Gasteiger charge is 2.45. The highest BCUT2D eigenvalue weighted by molar-refractivity contribution is 5.26. The first-order valence-electron chi connectivity index (χ1n) is 8.21. The Morgan fingerprint density at radius 3 is 2.00 bits per heavy atom. The van der Waals surface area contributed by atoms with Gasteiger partial charge in [0.15, 0.2) is 0 Å². The second-order valence-electron chi connectivity index (χ2n) is 7.18. The topological polar surface area (TPSA) is 15.3 Å². The zero-order chi connectivity index (χ0) is 14.9. The fourth-order valence-electron chi connectivity index (χ4n) is 4.41. The fraction of sp³-hybridized carbons (Fsp3) is 0.667. The summed E-state index contributed by atoms with van der Waals surface area (Å²) in [5, 5.41) is 3.49. The normalized spacial score (nSPS) is 24.4. The number of halogens is 1. The molecule has 0 aromatic heterocycles. The van der Waals surface area contributed by atoms with Gasteiger partial charge in [0.25, 0.3) is 0 Å².